The molecule has 0 aliphatic heterocycles. The highest BCUT2D eigenvalue weighted by Crippen LogP contribution is 2.24. The highest BCUT2D eigenvalue weighted by atomic mass is 32.1. The number of nitrogens with zero attached hydrogens (tertiary/aromatic N) is 4. The van der Waals surface area contributed by atoms with Crippen LogP contribution in [0.5, 0.6) is 0 Å². The fraction of sp³-hybridized carbons (Fsp3) is 0.250. The van der Waals surface area contributed by atoms with E-state index in [9.17, 15) is 9.59 Å². The Kier molecular flexibility index (Phi) is 13.0. The molecule has 2 amide bonds. The minimum absolute atomic E-state index is 0.248. The van der Waals surface area contributed by atoms with E-state index in [-0.39, 0.29) is 11.8 Å². The largest absolute Gasteiger partial charge is 0.352 e. The summed E-state index contributed by atoms with van der Waals surface area (Å²) in [6.07, 6.45) is 3.36. The van der Waals surface area contributed by atoms with Gasteiger partial charge in [-0.2, -0.15) is 20.0 Å². The van der Waals surface area contributed by atoms with Crippen LogP contribution in [-0.2, 0) is 0 Å². The van der Waals surface area contributed by atoms with E-state index in [1.165, 1.54) is 0 Å². The van der Waals surface area contributed by atoms with Crippen molar-refractivity contribution in [3.05, 3.63) is 47.5 Å². The van der Waals surface area contributed by atoms with Gasteiger partial charge >= 0.3 is 0 Å². The lowest BCUT2D eigenvalue weighted by Crippen LogP contribution is -2.25. The molecule has 0 unspecified atom stereocenters. The molecule has 182 valence electrons. The maximum absolute atomic E-state index is 12.5. The number of isothiocyanates is 4. The number of nitrogens with one attached hydrogen (secondary N) is 2. The van der Waals surface area contributed by atoms with Gasteiger partial charge in [0.2, 0.25) is 0 Å². The second-order valence-electron chi connectivity index (χ2n) is 7.21. The van der Waals surface area contributed by atoms with Crippen LogP contribution < -0.4 is 10.6 Å². The van der Waals surface area contributed by atoms with Crippen molar-refractivity contribution in [2.75, 3.05) is 13.1 Å². The van der Waals surface area contributed by atoms with Crippen molar-refractivity contribution in [1.82, 2.24) is 10.6 Å². The molecule has 2 rings (SSSR count). The molecule has 0 radical (unpaired) electrons. The van der Waals surface area contributed by atoms with Crippen LogP contribution in [0, 0.1) is 0 Å². The van der Waals surface area contributed by atoms with Crippen LogP contribution in [0.25, 0.3) is 0 Å². The smallest absolute Gasteiger partial charge is 0.251 e. The summed E-state index contributed by atoms with van der Waals surface area (Å²) < 4.78 is 0. The molecule has 0 fully saturated rings. The first kappa shape index (κ1) is 28.8. The SMILES string of the molecule is O=C(NCCCCCCNC(=O)c1cc(N=C=S)cc(N=C=S)c1)c1cc(N=C=S)cc(N=C=S)c1. The van der Waals surface area contributed by atoms with Crippen molar-refractivity contribution in [2.24, 2.45) is 20.0 Å². The number of hydrogen-bond donors (Lipinski definition) is 2. The summed E-state index contributed by atoms with van der Waals surface area (Å²) in [5.41, 5.74) is 2.64. The maximum Gasteiger partial charge on any atom is 0.251 e. The third kappa shape index (κ3) is 10.1. The molecule has 12 heteroatoms. The molecule has 8 nitrogen and oxygen atoms in total. The van der Waals surface area contributed by atoms with Gasteiger partial charge in [-0.3, -0.25) is 9.59 Å². The molecule has 0 atom stereocenters. The summed E-state index contributed by atoms with van der Waals surface area (Å²) in [7, 11) is 0. The number of carbonyl (C=O) groups excluding carboxylic acids is 2. The lowest BCUT2D eigenvalue weighted by atomic mass is 10.1. The monoisotopic (exact) mass is 552 g/mol. The Labute approximate surface area is 229 Å². The fourth-order valence-corrected chi connectivity index (χ4v) is 3.55. The minimum atomic E-state index is -0.248. The number of hydrogen-bond acceptors (Lipinski definition) is 10. The molecule has 2 aromatic carbocycles. The molecule has 2 N–H and O–H groups in total. The van der Waals surface area contributed by atoms with Crippen LogP contribution in [0.3, 0.4) is 0 Å². The third-order valence-corrected chi connectivity index (χ3v) is 5.07. The normalized spacial score (nSPS) is 9.44. The topological polar surface area (TPSA) is 108 Å². The van der Waals surface area contributed by atoms with Crippen molar-refractivity contribution >= 4 is 104 Å². The number of unbranched alkanes of at least 4 members (excludes halogenated alkanes) is 3. The average Bonchev–Trinajstić information content (AvgIpc) is 2.86. The molecule has 2 aromatic rings. The summed E-state index contributed by atoms with van der Waals surface area (Å²) in [4.78, 5) is 40.5. The summed E-state index contributed by atoms with van der Waals surface area (Å²) in [5.74, 6) is -0.496. The summed E-state index contributed by atoms with van der Waals surface area (Å²) >= 11 is 18.5. The second-order valence-corrected chi connectivity index (χ2v) is 7.94. The second kappa shape index (κ2) is 16.3. The Morgan fingerprint density at radius 2 is 0.861 bits per heavy atom. The van der Waals surface area contributed by atoms with Crippen molar-refractivity contribution in [3.8, 4) is 0 Å². The van der Waals surface area contributed by atoms with Gasteiger partial charge in [0.1, 0.15) is 0 Å². The molecule has 0 spiro atoms. The van der Waals surface area contributed by atoms with E-state index in [1.807, 2.05) is 0 Å². The first-order valence-corrected chi connectivity index (χ1v) is 12.3. The van der Waals surface area contributed by atoms with Gasteiger partial charge in [-0.25, -0.2) is 0 Å². The quantitative estimate of drug-likeness (QED) is 0.170. The zero-order chi connectivity index (χ0) is 26.2. The Morgan fingerprint density at radius 1 is 0.556 bits per heavy atom. The van der Waals surface area contributed by atoms with Crippen molar-refractivity contribution in [1.29, 1.82) is 0 Å². The summed E-state index contributed by atoms with van der Waals surface area (Å²) in [6, 6.07) is 9.66. The number of amides is 2. The number of rotatable bonds is 13. The minimum Gasteiger partial charge on any atom is -0.352 e. The predicted molar refractivity (Wildman–Crippen MR) is 155 cm³/mol. The Hall–Kier alpha value is -3.42. The first-order valence-electron chi connectivity index (χ1n) is 10.7. The highest BCUT2D eigenvalue weighted by Gasteiger charge is 2.10. The molecular weight excluding hydrogens is 533 g/mol. The van der Waals surface area contributed by atoms with Gasteiger partial charge in [0, 0.05) is 24.2 Å². The van der Waals surface area contributed by atoms with Crippen LogP contribution >= 0.6 is 48.9 Å². The number of aliphatic imine (C=N–C) groups is 4. The Bertz CT molecular complexity index is 1150. The Morgan fingerprint density at radius 3 is 1.14 bits per heavy atom. The molecule has 0 saturated heterocycles. The molecule has 0 heterocycles. The van der Waals surface area contributed by atoms with Crippen LogP contribution in [0.2, 0.25) is 0 Å². The zero-order valence-corrected chi connectivity index (χ0v) is 22.2. The van der Waals surface area contributed by atoms with E-state index in [2.05, 4.69) is 100 Å². The van der Waals surface area contributed by atoms with Crippen molar-refractivity contribution in [2.45, 2.75) is 25.7 Å². The average molecular weight is 553 g/mol. The van der Waals surface area contributed by atoms with Gasteiger partial charge in [0.05, 0.1) is 43.4 Å². The summed E-state index contributed by atoms with van der Waals surface area (Å²) in [5, 5.41) is 14.8. The van der Waals surface area contributed by atoms with Crippen LogP contribution in [-0.4, -0.2) is 45.5 Å². The molecule has 36 heavy (non-hydrogen) atoms. The van der Waals surface area contributed by atoms with Crippen molar-refractivity contribution in [3.63, 3.8) is 0 Å². The molecular formula is C24H20N6O2S4. The van der Waals surface area contributed by atoms with E-state index in [0.717, 1.165) is 25.7 Å². The van der Waals surface area contributed by atoms with Gasteiger partial charge in [-0.15, -0.1) is 0 Å². The predicted octanol–water partition coefficient (Wildman–Crippen LogP) is 6.34. The number of benzene rings is 2. The van der Waals surface area contributed by atoms with Crippen molar-refractivity contribution < 1.29 is 9.59 Å². The maximum atomic E-state index is 12.5. The standard InChI is InChI=1S/C24H20N6O2S4/c31-23(17-7-19(27-13-33)11-20(8-17)28-14-34)25-5-3-1-2-4-6-26-24(32)18-9-21(29-15-35)12-22(10-18)30-16-36/h7-12H,1-6H2,(H,25,31)(H,26,32). The van der Waals surface area contributed by atoms with E-state index < -0.39 is 0 Å². The molecule has 0 aromatic heterocycles. The van der Waals surface area contributed by atoms with Gasteiger partial charge < -0.3 is 10.6 Å². The highest BCUT2D eigenvalue weighted by molar-refractivity contribution is 7.78. The number of carbonyl (C=O) groups is 2. The van der Waals surface area contributed by atoms with Crippen LogP contribution in [0.1, 0.15) is 46.4 Å². The zero-order valence-electron chi connectivity index (χ0n) is 18.9. The molecule has 0 aliphatic rings. The third-order valence-electron chi connectivity index (χ3n) is 4.70. The van der Waals surface area contributed by atoms with E-state index in [4.69, 9.17) is 0 Å². The first-order chi connectivity index (χ1) is 17.5. The summed E-state index contributed by atoms with van der Waals surface area (Å²) in [6.45, 7) is 1.02. The lowest BCUT2D eigenvalue weighted by molar-refractivity contribution is 0.0943. The van der Waals surface area contributed by atoms with E-state index in [1.54, 1.807) is 36.4 Å². The molecule has 0 saturated carbocycles. The van der Waals surface area contributed by atoms with E-state index in [0.29, 0.717) is 47.0 Å². The number of thiocarbonyl (C=S) groups is 4. The molecule has 0 aliphatic carbocycles. The fourth-order valence-electron chi connectivity index (χ4n) is 3.13. The Balaban J connectivity index is 1.75. The van der Waals surface area contributed by atoms with Gasteiger partial charge in [-0.05, 0) is 98.1 Å². The van der Waals surface area contributed by atoms with Crippen LogP contribution in [0.15, 0.2) is 56.4 Å². The van der Waals surface area contributed by atoms with Gasteiger partial charge in [-0.1, -0.05) is 12.8 Å². The molecule has 0 bridgehead atoms. The van der Waals surface area contributed by atoms with Gasteiger partial charge in [0.25, 0.3) is 11.8 Å². The van der Waals surface area contributed by atoms with Gasteiger partial charge in [0.15, 0.2) is 0 Å². The lowest BCUT2D eigenvalue weighted by Gasteiger charge is -2.08. The van der Waals surface area contributed by atoms with Crippen LogP contribution in [0.4, 0.5) is 22.7 Å². The van der Waals surface area contributed by atoms with E-state index >= 15 is 0 Å².